The first-order valence-corrected chi connectivity index (χ1v) is 6.83. The standard InChI is InChI=1S/C13H28N4O/c1-13(2,12(14)16-18)6-7-15-9-11-5-4-8-17(3)10-11/h11,15,18H,4-10H2,1-3H3,(H2,14,16). The maximum Gasteiger partial charge on any atom is 0.144 e. The third-order valence-electron chi connectivity index (χ3n) is 3.88. The molecule has 0 aromatic heterocycles. The molecule has 1 heterocycles. The van der Waals surface area contributed by atoms with Crippen molar-refractivity contribution in [1.82, 2.24) is 10.2 Å². The molecule has 0 aliphatic carbocycles. The summed E-state index contributed by atoms with van der Waals surface area (Å²) < 4.78 is 0. The Kier molecular flexibility index (Phi) is 5.88. The van der Waals surface area contributed by atoms with Crippen LogP contribution in [-0.2, 0) is 0 Å². The number of nitrogens with two attached hydrogens (primary N) is 1. The molecule has 1 unspecified atom stereocenters. The van der Waals surface area contributed by atoms with Crippen LogP contribution < -0.4 is 11.1 Å². The molecule has 0 spiro atoms. The van der Waals surface area contributed by atoms with Gasteiger partial charge in [0.15, 0.2) is 0 Å². The Balaban J connectivity index is 2.18. The highest BCUT2D eigenvalue weighted by molar-refractivity contribution is 5.85. The number of oxime groups is 1. The van der Waals surface area contributed by atoms with Gasteiger partial charge in [-0.1, -0.05) is 19.0 Å². The zero-order valence-electron chi connectivity index (χ0n) is 11.9. The molecule has 5 nitrogen and oxygen atoms in total. The number of nitrogens with one attached hydrogen (secondary N) is 1. The topological polar surface area (TPSA) is 73.9 Å². The lowest BCUT2D eigenvalue weighted by molar-refractivity contribution is 0.205. The van der Waals surface area contributed by atoms with Crippen LogP contribution in [0.2, 0.25) is 0 Å². The van der Waals surface area contributed by atoms with Gasteiger partial charge < -0.3 is 21.2 Å². The van der Waals surface area contributed by atoms with Crippen molar-refractivity contribution in [2.75, 3.05) is 33.2 Å². The minimum Gasteiger partial charge on any atom is -0.409 e. The third-order valence-corrected chi connectivity index (χ3v) is 3.88. The number of amidine groups is 1. The Labute approximate surface area is 110 Å². The monoisotopic (exact) mass is 256 g/mol. The summed E-state index contributed by atoms with van der Waals surface area (Å²) in [5, 5.41) is 15.3. The van der Waals surface area contributed by atoms with Gasteiger partial charge in [-0.3, -0.25) is 0 Å². The normalized spacial score (nSPS) is 23.3. The van der Waals surface area contributed by atoms with Gasteiger partial charge in [-0.15, -0.1) is 0 Å². The maximum absolute atomic E-state index is 8.70. The Morgan fingerprint density at radius 1 is 1.56 bits per heavy atom. The van der Waals surface area contributed by atoms with E-state index in [-0.39, 0.29) is 5.41 Å². The van der Waals surface area contributed by atoms with Gasteiger partial charge in [-0.25, -0.2) is 0 Å². The molecular formula is C13H28N4O. The average Bonchev–Trinajstić information content (AvgIpc) is 2.33. The molecule has 0 amide bonds. The lowest BCUT2D eigenvalue weighted by Crippen LogP contribution is -2.39. The summed E-state index contributed by atoms with van der Waals surface area (Å²) in [6, 6.07) is 0. The van der Waals surface area contributed by atoms with Crippen LogP contribution in [0.4, 0.5) is 0 Å². The van der Waals surface area contributed by atoms with Crippen molar-refractivity contribution in [2.24, 2.45) is 22.2 Å². The molecule has 1 saturated heterocycles. The summed E-state index contributed by atoms with van der Waals surface area (Å²) in [7, 11) is 2.19. The third kappa shape index (κ3) is 4.82. The number of hydrogen-bond donors (Lipinski definition) is 3. The van der Waals surface area contributed by atoms with E-state index in [1.54, 1.807) is 0 Å². The number of nitrogens with zero attached hydrogens (tertiary/aromatic N) is 2. The van der Waals surface area contributed by atoms with Gasteiger partial charge >= 0.3 is 0 Å². The molecule has 5 heteroatoms. The summed E-state index contributed by atoms with van der Waals surface area (Å²) >= 11 is 0. The maximum atomic E-state index is 8.70. The summed E-state index contributed by atoms with van der Waals surface area (Å²) in [6.07, 6.45) is 3.50. The largest absolute Gasteiger partial charge is 0.409 e. The van der Waals surface area contributed by atoms with Crippen molar-refractivity contribution in [3.8, 4) is 0 Å². The second kappa shape index (κ2) is 6.95. The summed E-state index contributed by atoms with van der Waals surface area (Å²) in [5.41, 5.74) is 5.41. The number of hydrogen-bond acceptors (Lipinski definition) is 4. The summed E-state index contributed by atoms with van der Waals surface area (Å²) in [6.45, 7) is 8.39. The summed E-state index contributed by atoms with van der Waals surface area (Å²) in [4.78, 5) is 2.40. The zero-order valence-corrected chi connectivity index (χ0v) is 11.9. The lowest BCUT2D eigenvalue weighted by Gasteiger charge is -2.30. The molecule has 0 radical (unpaired) electrons. The van der Waals surface area contributed by atoms with Gasteiger partial charge in [0, 0.05) is 12.0 Å². The molecule has 18 heavy (non-hydrogen) atoms. The fourth-order valence-corrected chi connectivity index (χ4v) is 2.41. The van der Waals surface area contributed by atoms with Crippen LogP contribution in [0.1, 0.15) is 33.1 Å². The molecule has 1 aliphatic heterocycles. The summed E-state index contributed by atoms with van der Waals surface area (Å²) in [5.74, 6) is 1.07. The van der Waals surface area contributed by atoms with Gasteiger partial charge in [0.05, 0.1) is 0 Å². The van der Waals surface area contributed by atoms with Gasteiger partial charge in [0.25, 0.3) is 0 Å². The molecule has 0 saturated carbocycles. The van der Waals surface area contributed by atoms with Crippen molar-refractivity contribution in [2.45, 2.75) is 33.1 Å². The van der Waals surface area contributed by atoms with Crippen LogP contribution >= 0.6 is 0 Å². The van der Waals surface area contributed by atoms with E-state index in [1.807, 2.05) is 13.8 Å². The van der Waals surface area contributed by atoms with E-state index in [4.69, 9.17) is 10.9 Å². The number of rotatable bonds is 6. The molecule has 1 aliphatic rings. The molecular weight excluding hydrogens is 228 g/mol. The van der Waals surface area contributed by atoms with Crippen molar-refractivity contribution in [3.05, 3.63) is 0 Å². The molecule has 106 valence electrons. The first kappa shape index (κ1) is 15.2. The van der Waals surface area contributed by atoms with E-state index < -0.39 is 0 Å². The second-order valence-corrected chi connectivity index (χ2v) is 6.09. The van der Waals surface area contributed by atoms with Gasteiger partial charge in [-0.05, 0) is 51.9 Å². The quantitative estimate of drug-likeness (QED) is 0.219. The predicted molar refractivity (Wildman–Crippen MR) is 74.9 cm³/mol. The van der Waals surface area contributed by atoms with Crippen LogP contribution in [0.3, 0.4) is 0 Å². The fourth-order valence-electron chi connectivity index (χ4n) is 2.41. The van der Waals surface area contributed by atoms with Crippen LogP contribution in [-0.4, -0.2) is 49.2 Å². The van der Waals surface area contributed by atoms with Crippen molar-refractivity contribution >= 4 is 5.84 Å². The van der Waals surface area contributed by atoms with E-state index >= 15 is 0 Å². The highest BCUT2D eigenvalue weighted by Crippen LogP contribution is 2.19. The first-order valence-electron chi connectivity index (χ1n) is 6.83. The van der Waals surface area contributed by atoms with E-state index in [0.29, 0.717) is 5.84 Å². The Morgan fingerprint density at radius 3 is 2.89 bits per heavy atom. The van der Waals surface area contributed by atoms with Gasteiger partial charge in [-0.2, -0.15) is 0 Å². The van der Waals surface area contributed by atoms with E-state index in [9.17, 15) is 0 Å². The molecule has 0 aromatic rings. The fraction of sp³-hybridized carbons (Fsp3) is 0.923. The average molecular weight is 256 g/mol. The molecule has 4 N–H and O–H groups in total. The predicted octanol–water partition coefficient (Wildman–Crippen LogP) is 1.08. The Hall–Kier alpha value is -0.810. The lowest BCUT2D eigenvalue weighted by atomic mass is 9.88. The van der Waals surface area contributed by atoms with Crippen LogP contribution in [0.15, 0.2) is 5.16 Å². The van der Waals surface area contributed by atoms with Crippen molar-refractivity contribution in [3.63, 3.8) is 0 Å². The van der Waals surface area contributed by atoms with Crippen LogP contribution in [0.25, 0.3) is 0 Å². The van der Waals surface area contributed by atoms with E-state index in [1.165, 1.54) is 25.9 Å². The smallest absolute Gasteiger partial charge is 0.144 e. The van der Waals surface area contributed by atoms with Crippen molar-refractivity contribution in [1.29, 1.82) is 0 Å². The molecule has 1 fully saturated rings. The molecule has 0 bridgehead atoms. The minimum atomic E-state index is -0.245. The van der Waals surface area contributed by atoms with Crippen molar-refractivity contribution < 1.29 is 5.21 Å². The SMILES string of the molecule is CN1CCCC(CNCCC(C)(C)C(N)=NO)C1. The number of likely N-dealkylation sites (tertiary alicyclic amines) is 1. The van der Waals surface area contributed by atoms with Gasteiger partial charge in [0.2, 0.25) is 0 Å². The number of piperidine rings is 1. The Morgan fingerprint density at radius 2 is 2.28 bits per heavy atom. The minimum absolute atomic E-state index is 0.245. The highest BCUT2D eigenvalue weighted by Gasteiger charge is 2.23. The van der Waals surface area contributed by atoms with Gasteiger partial charge in [0.1, 0.15) is 5.84 Å². The van der Waals surface area contributed by atoms with E-state index in [0.717, 1.165) is 25.4 Å². The first-order chi connectivity index (χ1) is 8.45. The van der Waals surface area contributed by atoms with Crippen LogP contribution in [0.5, 0.6) is 0 Å². The van der Waals surface area contributed by atoms with E-state index in [2.05, 4.69) is 22.4 Å². The zero-order chi connectivity index (χ0) is 13.6. The molecule has 0 aromatic carbocycles. The Bertz CT molecular complexity index is 278. The second-order valence-electron chi connectivity index (χ2n) is 6.09. The molecule has 1 rings (SSSR count). The highest BCUT2D eigenvalue weighted by atomic mass is 16.4. The van der Waals surface area contributed by atoms with Crippen LogP contribution in [0, 0.1) is 11.3 Å². The molecule has 1 atom stereocenters.